The second-order valence-corrected chi connectivity index (χ2v) is 7.31. The molecule has 8 nitrogen and oxygen atoms in total. The number of benzene rings is 1. The van der Waals surface area contributed by atoms with Crippen LogP contribution in [-0.4, -0.2) is 45.2 Å². The average Bonchev–Trinajstić information content (AvgIpc) is 3.17. The summed E-state index contributed by atoms with van der Waals surface area (Å²) in [7, 11) is 0. The maximum absolute atomic E-state index is 12.4. The van der Waals surface area contributed by atoms with E-state index in [1.807, 2.05) is 28.4 Å². The van der Waals surface area contributed by atoms with Gasteiger partial charge in [0.2, 0.25) is 0 Å². The highest BCUT2D eigenvalue weighted by Gasteiger charge is 2.30. The van der Waals surface area contributed by atoms with Gasteiger partial charge in [-0.25, -0.2) is 9.67 Å². The number of hydrogen-bond acceptors (Lipinski definition) is 6. The zero-order valence-electron chi connectivity index (χ0n) is 17.0. The number of pyridine rings is 1. The van der Waals surface area contributed by atoms with E-state index in [2.05, 4.69) is 21.4 Å². The van der Waals surface area contributed by atoms with Gasteiger partial charge in [0, 0.05) is 19.3 Å². The van der Waals surface area contributed by atoms with Crippen LogP contribution in [0.3, 0.4) is 0 Å². The Morgan fingerprint density at radius 2 is 2.09 bits per heavy atom. The monoisotopic (exact) mass is 441 g/mol. The summed E-state index contributed by atoms with van der Waals surface area (Å²) < 4.78 is 38.7. The van der Waals surface area contributed by atoms with Crippen molar-refractivity contribution < 1.29 is 18.0 Å². The third-order valence-electron chi connectivity index (χ3n) is 5.24. The topological polar surface area (TPSA) is 99.7 Å². The van der Waals surface area contributed by atoms with Crippen molar-refractivity contribution in [1.82, 2.24) is 25.3 Å². The number of alkyl halides is 3. The van der Waals surface area contributed by atoms with Gasteiger partial charge in [0.25, 0.3) is 5.91 Å². The van der Waals surface area contributed by atoms with Gasteiger partial charge >= 0.3 is 6.18 Å². The van der Waals surface area contributed by atoms with Crippen LogP contribution in [0.5, 0.6) is 0 Å². The Kier molecular flexibility index (Phi) is 5.52. The fraction of sp³-hybridized carbons (Fsp3) is 0.286. The molecule has 1 N–H and O–H groups in total. The van der Waals surface area contributed by atoms with E-state index < -0.39 is 18.6 Å². The van der Waals surface area contributed by atoms with Crippen molar-refractivity contribution in [1.29, 1.82) is 5.26 Å². The fourth-order valence-electron chi connectivity index (χ4n) is 3.74. The van der Waals surface area contributed by atoms with Gasteiger partial charge < -0.3 is 10.2 Å². The number of amides is 1. The smallest absolute Gasteiger partial charge is 0.351 e. The Morgan fingerprint density at radius 1 is 1.28 bits per heavy atom. The second-order valence-electron chi connectivity index (χ2n) is 7.31. The number of nitrogens with one attached hydrogen (secondary N) is 1. The zero-order valence-corrected chi connectivity index (χ0v) is 17.0. The molecule has 32 heavy (non-hydrogen) atoms. The lowest BCUT2D eigenvalue weighted by atomic mass is 9.97. The molecule has 0 saturated carbocycles. The molecule has 1 amide bonds. The average molecular weight is 441 g/mol. The van der Waals surface area contributed by atoms with Crippen LogP contribution in [0.2, 0.25) is 0 Å². The van der Waals surface area contributed by atoms with Crippen molar-refractivity contribution in [2.24, 2.45) is 0 Å². The molecule has 11 heteroatoms. The molecule has 0 saturated heterocycles. The van der Waals surface area contributed by atoms with Crippen molar-refractivity contribution in [2.45, 2.75) is 26.1 Å². The molecule has 1 aromatic carbocycles. The van der Waals surface area contributed by atoms with E-state index in [0.717, 1.165) is 11.1 Å². The lowest BCUT2D eigenvalue weighted by molar-refractivity contribution is -0.123. The number of hydrogen-bond donors (Lipinski definition) is 1. The lowest BCUT2D eigenvalue weighted by Gasteiger charge is -2.31. The number of aromatic nitrogens is 4. The largest absolute Gasteiger partial charge is 0.405 e. The molecule has 0 bridgehead atoms. The van der Waals surface area contributed by atoms with Crippen molar-refractivity contribution in [3.63, 3.8) is 0 Å². The summed E-state index contributed by atoms with van der Waals surface area (Å²) in [6, 6.07) is 11.2. The number of rotatable bonds is 4. The Bertz CT molecular complexity index is 1210. The maximum atomic E-state index is 12.4. The van der Waals surface area contributed by atoms with Gasteiger partial charge in [-0.1, -0.05) is 17.3 Å². The molecule has 0 aliphatic carbocycles. The van der Waals surface area contributed by atoms with Crippen molar-refractivity contribution in [2.75, 3.05) is 18.0 Å². The standard InChI is InChI=1S/C21H18F3N7O/c1-13-18(20(32)27-12-21(22,23)24)28-29-31(13)17-6-2-4-15-11-30(9-7-16(15)17)19-14(10-25)5-3-8-26-19/h2-6,8H,7,9,11-12H2,1H3,(H,27,32). The summed E-state index contributed by atoms with van der Waals surface area (Å²) in [5, 5.41) is 19.0. The van der Waals surface area contributed by atoms with Gasteiger partial charge in [-0.15, -0.1) is 5.10 Å². The van der Waals surface area contributed by atoms with E-state index >= 15 is 0 Å². The molecule has 0 radical (unpaired) electrons. The van der Waals surface area contributed by atoms with E-state index in [-0.39, 0.29) is 5.69 Å². The number of halogens is 3. The first kappa shape index (κ1) is 21.3. The zero-order chi connectivity index (χ0) is 22.9. The molecule has 3 aromatic rings. The van der Waals surface area contributed by atoms with Crippen LogP contribution in [0.15, 0.2) is 36.5 Å². The molecule has 0 unspecified atom stereocenters. The van der Waals surface area contributed by atoms with Crippen LogP contribution >= 0.6 is 0 Å². The minimum atomic E-state index is -4.51. The summed E-state index contributed by atoms with van der Waals surface area (Å²) in [6.45, 7) is 1.29. The predicted molar refractivity (Wildman–Crippen MR) is 108 cm³/mol. The highest BCUT2D eigenvalue weighted by molar-refractivity contribution is 5.93. The molecule has 2 aromatic heterocycles. The van der Waals surface area contributed by atoms with Gasteiger partial charge in [0.1, 0.15) is 18.4 Å². The normalized spacial score (nSPS) is 13.4. The third-order valence-corrected chi connectivity index (χ3v) is 5.24. The molecule has 0 fully saturated rings. The minimum Gasteiger partial charge on any atom is -0.351 e. The molecule has 4 rings (SSSR count). The van der Waals surface area contributed by atoms with Gasteiger partial charge in [-0.2, -0.15) is 18.4 Å². The Hall–Kier alpha value is -3.94. The van der Waals surface area contributed by atoms with E-state index in [1.54, 1.807) is 25.3 Å². The van der Waals surface area contributed by atoms with Gasteiger partial charge in [0.05, 0.1) is 16.9 Å². The quantitative estimate of drug-likeness (QED) is 0.668. The second kappa shape index (κ2) is 8.30. The lowest BCUT2D eigenvalue weighted by Crippen LogP contribution is -2.34. The van der Waals surface area contributed by atoms with Gasteiger partial charge in [-0.3, -0.25) is 4.79 Å². The fourth-order valence-corrected chi connectivity index (χ4v) is 3.74. The van der Waals surface area contributed by atoms with Crippen LogP contribution in [0, 0.1) is 18.3 Å². The molecular formula is C21H18F3N7O. The number of nitrogens with zero attached hydrogens (tertiary/aromatic N) is 6. The van der Waals surface area contributed by atoms with Crippen molar-refractivity contribution in [3.8, 4) is 11.8 Å². The summed E-state index contributed by atoms with van der Waals surface area (Å²) in [5.74, 6) is -0.312. The van der Waals surface area contributed by atoms with Crippen molar-refractivity contribution in [3.05, 3.63) is 64.6 Å². The number of carbonyl (C=O) groups is 1. The van der Waals surface area contributed by atoms with Gasteiger partial charge in [0.15, 0.2) is 5.69 Å². The van der Waals surface area contributed by atoms with E-state index in [0.29, 0.717) is 42.3 Å². The highest BCUT2D eigenvalue weighted by atomic mass is 19.4. The molecule has 164 valence electrons. The Labute approximate surface area is 181 Å². The maximum Gasteiger partial charge on any atom is 0.405 e. The number of nitriles is 1. The molecule has 1 aliphatic heterocycles. The molecular weight excluding hydrogens is 423 g/mol. The number of carbonyl (C=O) groups excluding carboxylic acids is 1. The summed E-state index contributed by atoms with van der Waals surface area (Å²) >= 11 is 0. The SMILES string of the molecule is Cc1c(C(=O)NCC(F)(F)F)nnn1-c1cccc2c1CCN(c1ncccc1C#N)C2. The number of fused-ring (bicyclic) bond motifs is 1. The first-order chi connectivity index (χ1) is 15.3. The minimum absolute atomic E-state index is 0.156. The van der Waals surface area contributed by atoms with Crippen LogP contribution in [-0.2, 0) is 13.0 Å². The third kappa shape index (κ3) is 4.12. The van der Waals surface area contributed by atoms with E-state index in [4.69, 9.17) is 0 Å². The number of anilines is 1. The predicted octanol–water partition coefficient (Wildman–Crippen LogP) is 2.70. The van der Waals surface area contributed by atoms with Crippen LogP contribution in [0.25, 0.3) is 5.69 Å². The highest BCUT2D eigenvalue weighted by Crippen LogP contribution is 2.29. The molecule has 0 spiro atoms. The van der Waals surface area contributed by atoms with E-state index in [9.17, 15) is 23.2 Å². The molecule has 3 heterocycles. The van der Waals surface area contributed by atoms with Gasteiger partial charge in [-0.05, 0) is 42.7 Å². The first-order valence-electron chi connectivity index (χ1n) is 9.77. The molecule has 1 aliphatic rings. The Morgan fingerprint density at radius 3 is 2.84 bits per heavy atom. The van der Waals surface area contributed by atoms with Crippen molar-refractivity contribution >= 4 is 11.7 Å². The summed E-state index contributed by atoms with van der Waals surface area (Å²) in [4.78, 5) is 18.5. The summed E-state index contributed by atoms with van der Waals surface area (Å²) in [5.41, 5.74) is 3.39. The Balaban J connectivity index is 1.61. The molecule has 0 atom stereocenters. The van der Waals surface area contributed by atoms with Crippen LogP contribution < -0.4 is 10.2 Å². The summed E-state index contributed by atoms with van der Waals surface area (Å²) in [6.07, 6.45) is -2.24. The van der Waals surface area contributed by atoms with E-state index in [1.165, 1.54) is 4.68 Å². The van der Waals surface area contributed by atoms with Crippen LogP contribution in [0.4, 0.5) is 19.0 Å². The van der Waals surface area contributed by atoms with Crippen LogP contribution in [0.1, 0.15) is 32.9 Å². The first-order valence-corrected chi connectivity index (χ1v) is 9.77.